The lowest BCUT2D eigenvalue weighted by atomic mass is 10.1. The van der Waals surface area contributed by atoms with E-state index in [2.05, 4.69) is 50.7 Å². The molecule has 0 spiro atoms. The standard InChI is InChI=1S/C17H28N6/c1-4-21(5-2)11-16-12-22(10-15-8-19-20(3)9-15)14-17-18-6-7-23(17)13-16/h6-9,16H,4-5,10-14H2,1-3H3. The number of fused-ring (bicyclic) bond motifs is 1. The van der Waals surface area contributed by atoms with Crippen molar-refractivity contribution < 1.29 is 0 Å². The Bertz CT molecular complexity index is 612. The van der Waals surface area contributed by atoms with Gasteiger partial charge in [-0.05, 0) is 13.1 Å². The molecule has 0 aromatic carbocycles. The molecule has 1 aliphatic rings. The Morgan fingerprint density at radius 3 is 2.78 bits per heavy atom. The summed E-state index contributed by atoms with van der Waals surface area (Å²) < 4.78 is 4.21. The second-order valence-electron chi connectivity index (χ2n) is 6.54. The van der Waals surface area contributed by atoms with Gasteiger partial charge >= 0.3 is 0 Å². The van der Waals surface area contributed by atoms with Crippen LogP contribution in [0.4, 0.5) is 0 Å². The Morgan fingerprint density at radius 2 is 2.09 bits per heavy atom. The van der Waals surface area contributed by atoms with E-state index in [-0.39, 0.29) is 0 Å². The number of imidazole rings is 1. The molecule has 126 valence electrons. The Kier molecular flexibility index (Phi) is 5.13. The highest BCUT2D eigenvalue weighted by molar-refractivity contribution is 5.05. The van der Waals surface area contributed by atoms with E-state index in [9.17, 15) is 0 Å². The van der Waals surface area contributed by atoms with E-state index in [0.29, 0.717) is 5.92 Å². The smallest absolute Gasteiger partial charge is 0.122 e. The fourth-order valence-corrected chi connectivity index (χ4v) is 3.52. The van der Waals surface area contributed by atoms with Gasteiger partial charge in [-0.2, -0.15) is 5.10 Å². The van der Waals surface area contributed by atoms with Crippen LogP contribution in [0.2, 0.25) is 0 Å². The molecule has 0 bridgehead atoms. The van der Waals surface area contributed by atoms with Crippen LogP contribution in [0, 0.1) is 5.92 Å². The molecule has 2 aromatic heterocycles. The summed E-state index contributed by atoms with van der Waals surface area (Å²) in [7, 11) is 1.97. The van der Waals surface area contributed by atoms with Crippen LogP contribution in [0.15, 0.2) is 24.8 Å². The molecule has 0 saturated heterocycles. The molecule has 23 heavy (non-hydrogen) atoms. The van der Waals surface area contributed by atoms with Crippen LogP contribution in [0.25, 0.3) is 0 Å². The molecule has 1 aliphatic heterocycles. The Labute approximate surface area is 138 Å². The molecule has 0 radical (unpaired) electrons. The monoisotopic (exact) mass is 316 g/mol. The molecule has 0 aliphatic carbocycles. The van der Waals surface area contributed by atoms with E-state index >= 15 is 0 Å². The zero-order chi connectivity index (χ0) is 16.2. The molecule has 0 fully saturated rings. The largest absolute Gasteiger partial charge is 0.333 e. The second kappa shape index (κ2) is 7.27. The lowest BCUT2D eigenvalue weighted by Crippen LogP contribution is -2.36. The number of nitrogens with zero attached hydrogens (tertiary/aromatic N) is 6. The molecule has 6 heteroatoms. The Hall–Kier alpha value is -1.66. The maximum absolute atomic E-state index is 4.55. The van der Waals surface area contributed by atoms with Crippen molar-refractivity contribution in [1.29, 1.82) is 0 Å². The summed E-state index contributed by atoms with van der Waals surface area (Å²) in [6, 6.07) is 0. The van der Waals surface area contributed by atoms with Gasteiger partial charge in [-0.25, -0.2) is 4.98 Å². The van der Waals surface area contributed by atoms with Crippen LogP contribution in [0.3, 0.4) is 0 Å². The number of rotatable bonds is 6. The van der Waals surface area contributed by atoms with Gasteiger partial charge in [0.15, 0.2) is 0 Å². The van der Waals surface area contributed by atoms with Gasteiger partial charge in [0.2, 0.25) is 0 Å². The first kappa shape index (κ1) is 16.2. The first-order valence-corrected chi connectivity index (χ1v) is 8.60. The minimum atomic E-state index is 0.627. The predicted octanol–water partition coefficient (Wildman–Crippen LogP) is 1.59. The molecule has 0 saturated carbocycles. The van der Waals surface area contributed by atoms with E-state index in [1.54, 1.807) is 0 Å². The average molecular weight is 316 g/mol. The minimum absolute atomic E-state index is 0.627. The first-order valence-electron chi connectivity index (χ1n) is 8.60. The first-order chi connectivity index (χ1) is 11.2. The lowest BCUT2D eigenvalue weighted by molar-refractivity contribution is 0.174. The average Bonchev–Trinajstić information content (AvgIpc) is 3.10. The molecule has 6 nitrogen and oxygen atoms in total. The van der Waals surface area contributed by atoms with Crippen molar-refractivity contribution in [2.75, 3.05) is 26.2 Å². The summed E-state index contributed by atoms with van der Waals surface area (Å²) in [5, 5.41) is 4.29. The van der Waals surface area contributed by atoms with Gasteiger partial charge in [0.05, 0.1) is 12.7 Å². The molecule has 0 amide bonds. The van der Waals surface area contributed by atoms with E-state index in [1.807, 2.05) is 24.1 Å². The van der Waals surface area contributed by atoms with E-state index in [1.165, 1.54) is 11.4 Å². The third kappa shape index (κ3) is 4.00. The van der Waals surface area contributed by atoms with Crippen molar-refractivity contribution in [3.63, 3.8) is 0 Å². The number of aromatic nitrogens is 4. The van der Waals surface area contributed by atoms with Crippen molar-refractivity contribution >= 4 is 0 Å². The molecule has 2 aromatic rings. The third-order valence-corrected chi connectivity index (χ3v) is 4.71. The second-order valence-corrected chi connectivity index (χ2v) is 6.54. The van der Waals surface area contributed by atoms with E-state index < -0.39 is 0 Å². The van der Waals surface area contributed by atoms with Crippen molar-refractivity contribution in [1.82, 2.24) is 29.1 Å². The van der Waals surface area contributed by atoms with Crippen molar-refractivity contribution in [2.24, 2.45) is 13.0 Å². The normalized spacial score (nSPS) is 19.0. The van der Waals surface area contributed by atoms with Gasteiger partial charge in [-0.1, -0.05) is 13.8 Å². The molecule has 1 unspecified atom stereocenters. The highest BCUT2D eigenvalue weighted by Gasteiger charge is 2.23. The van der Waals surface area contributed by atoms with Gasteiger partial charge in [0.1, 0.15) is 5.82 Å². The van der Waals surface area contributed by atoms with Gasteiger partial charge in [-0.3, -0.25) is 9.58 Å². The Morgan fingerprint density at radius 1 is 1.26 bits per heavy atom. The summed E-state index contributed by atoms with van der Waals surface area (Å²) in [6.07, 6.45) is 8.13. The van der Waals surface area contributed by atoms with Crippen LogP contribution in [0.5, 0.6) is 0 Å². The van der Waals surface area contributed by atoms with Gasteiger partial charge < -0.3 is 9.47 Å². The minimum Gasteiger partial charge on any atom is -0.333 e. The van der Waals surface area contributed by atoms with Gasteiger partial charge in [0.25, 0.3) is 0 Å². The van der Waals surface area contributed by atoms with Crippen LogP contribution < -0.4 is 0 Å². The summed E-state index contributed by atoms with van der Waals surface area (Å²) >= 11 is 0. The predicted molar refractivity (Wildman–Crippen MR) is 90.8 cm³/mol. The summed E-state index contributed by atoms with van der Waals surface area (Å²) in [5.74, 6) is 1.80. The fraction of sp³-hybridized carbons (Fsp3) is 0.647. The topological polar surface area (TPSA) is 42.1 Å². The van der Waals surface area contributed by atoms with E-state index in [0.717, 1.165) is 45.8 Å². The number of hydrogen-bond acceptors (Lipinski definition) is 4. The van der Waals surface area contributed by atoms with Gasteiger partial charge in [0, 0.05) is 63.3 Å². The van der Waals surface area contributed by atoms with Crippen molar-refractivity contribution in [2.45, 2.75) is 33.5 Å². The van der Waals surface area contributed by atoms with Crippen molar-refractivity contribution in [3.8, 4) is 0 Å². The fourth-order valence-electron chi connectivity index (χ4n) is 3.52. The molecular formula is C17H28N6. The van der Waals surface area contributed by atoms with E-state index in [4.69, 9.17) is 0 Å². The maximum Gasteiger partial charge on any atom is 0.122 e. The highest BCUT2D eigenvalue weighted by atomic mass is 15.3. The summed E-state index contributed by atoms with van der Waals surface area (Å²) in [5.41, 5.74) is 1.27. The highest BCUT2D eigenvalue weighted by Crippen LogP contribution is 2.18. The zero-order valence-corrected chi connectivity index (χ0v) is 14.5. The molecular weight excluding hydrogens is 288 g/mol. The Balaban J connectivity index is 1.74. The van der Waals surface area contributed by atoms with Crippen LogP contribution in [-0.4, -0.2) is 55.3 Å². The number of hydrogen-bond donors (Lipinski definition) is 0. The summed E-state index contributed by atoms with van der Waals surface area (Å²) in [6.45, 7) is 11.9. The zero-order valence-electron chi connectivity index (χ0n) is 14.5. The van der Waals surface area contributed by atoms with Crippen LogP contribution >= 0.6 is 0 Å². The van der Waals surface area contributed by atoms with Crippen molar-refractivity contribution in [3.05, 3.63) is 36.2 Å². The maximum atomic E-state index is 4.55. The SMILES string of the molecule is CCN(CC)CC1CN(Cc2cnn(C)c2)Cc2nccn2C1. The molecule has 3 rings (SSSR count). The quantitative estimate of drug-likeness (QED) is 0.812. The van der Waals surface area contributed by atoms with Crippen LogP contribution in [0.1, 0.15) is 25.2 Å². The van der Waals surface area contributed by atoms with Gasteiger partial charge in [-0.15, -0.1) is 0 Å². The molecule has 3 heterocycles. The molecule has 1 atom stereocenters. The summed E-state index contributed by atoms with van der Waals surface area (Å²) in [4.78, 5) is 9.59. The lowest BCUT2D eigenvalue weighted by Gasteiger charge is -2.28. The van der Waals surface area contributed by atoms with Crippen LogP contribution in [-0.2, 0) is 26.7 Å². The molecule has 0 N–H and O–H groups in total. The number of aryl methyl sites for hydroxylation is 1. The third-order valence-electron chi connectivity index (χ3n) is 4.71.